The lowest BCUT2D eigenvalue weighted by Gasteiger charge is -2.17. The first-order valence-corrected chi connectivity index (χ1v) is 8.15. The molecule has 0 aromatic heterocycles. The van der Waals surface area contributed by atoms with Crippen LogP contribution in [0.15, 0.2) is 53.0 Å². The van der Waals surface area contributed by atoms with Gasteiger partial charge < -0.3 is 10.1 Å². The minimum absolute atomic E-state index is 0. The summed E-state index contributed by atoms with van der Waals surface area (Å²) in [4.78, 5) is 12.0. The number of carbonyl (C=O) groups excluding carboxylic acids is 1. The third kappa shape index (κ3) is 5.34. The highest BCUT2D eigenvalue weighted by Crippen LogP contribution is 2.23. The Morgan fingerprint density at radius 1 is 1.17 bits per heavy atom. The van der Waals surface area contributed by atoms with E-state index in [4.69, 9.17) is 4.74 Å². The average molecular weight is 399 g/mol. The van der Waals surface area contributed by atoms with Gasteiger partial charge in [0.2, 0.25) is 0 Å². The smallest absolute Gasteiger partial charge is 0.338 e. The first-order chi connectivity index (χ1) is 10.6. The van der Waals surface area contributed by atoms with Gasteiger partial charge in [-0.15, -0.1) is 12.4 Å². The van der Waals surface area contributed by atoms with Crippen molar-refractivity contribution >= 4 is 34.3 Å². The Labute approximate surface area is 152 Å². The molecule has 2 rings (SSSR count). The number of halogens is 2. The zero-order valence-corrected chi connectivity index (χ0v) is 15.6. The van der Waals surface area contributed by atoms with Crippen molar-refractivity contribution < 1.29 is 9.53 Å². The van der Waals surface area contributed by atoms with E-state index in [0.29, 0.717) is 18.7 Å². The third-order valence-corrected chi connectivity index (χ3v) is 4.21. The predicted octanol–water partition coefficient (Wildman–Crippen LogP) is 4.90. The molecule has 0 amide bonds. The number of rotatable bonds is 6. The van der Waals surface area contributed by atoms with Crippen LogP contribution in [0.25, 0.3) is 0 Å². The van der Waals surface area contributed by atoms with Gasteiger partial charge in [0, 0.05) is 17.1 Å². The van der Waals surface area contributed by atoms with Crippen LogP contribution >= 0.6 is 28.3 Å². The molecule has 0 aliphatic heterocycles. The van der Waals surface area contributed by atoms with E-state index >= 15 is 0 Å². The summed E-state index contributed by atoms with van der Waals surface area (Å²) in [7, 11) is 0. The van der Waals surface area contributed by atoms with Crippen LogP contribution in [0.2, 0.25) is 0 Å². The summed E-state index contributed by atoms with van der Waals surface area (Å²) in [6, 6.07) is 15.8. The number of benzene rings is 2. The summed E-state index contributed by atoms with van der Waals surface area (Å²) in [5, 5.41) is 3.46. The van der Waals surface area contributed by atoms with E-state index in [1.165, 1.54) is 5.56 Å². The average Bonchev–Trinajstić information content (AvgIpc) is 2.53. The standard InChI is InChI=1S/C18H20BrNO2.ClH/c1-3-22-18(21)16-10-5-4-8-14(16)12-20-13(2)15-9-6-7-11-17(15)19;/h4-11,13,20H,3,12H2,1-2H3;1H/t13-;/m0./s1. The Bertz CT molecular complexity index is 648. The van der Waals surface area contributed by atoms with Crippen LogP contribution in [0.3, 0.4) is 0 Å². The van der Waals surface area contributed by atoms with Crippen molar-refractivity contribution in [2.45, 2.75) is 26.4 Å². The van der Waals surface area contributed by atoms with Crippen LogP contribution in [-0.4, -0.2) is 12.6 Å². The van der Waals surface area contributed by atoms with Crippen molar-refractivity contribution in [1.82, 2.24) is 5.32 Å². The minimum atomic E-state index is -0.270. The molecule has 0 bridgehead atoms. The molecule has 0 unspecified atom stereocenters. The predicted molar refractivity (Wildman–Crippen MR) is 99.0 cm³/mol. The maximum Gasteiger partial charge on any atom is 0.338 e. The molecule has 124 valence electrons. The van der Waals surface area contributed by atoms with E-state index in [2.05, 4.69) is 34.2 Å². The zero-order valence-electron chi connectivity index (χ0n) is 13.2. The normalized spacial score (nSPS) is 11.4. The van der Waals surface area contributed by atoms with Crippen LogP contribution in [0, 0.1) is 0 Å². The monoisotopic (exact) mass is 397 g/mol. The summed E-state index contributed by atoms with van der Waals surface area (Å²) in [6.07, 6.45) is 0. The molecule has 0 fully saturated rings. The number of hydrogen-bond acceptors (Lipinski definition) is 3. The molecule has 23 heavy (non-hydrogen) atoms. The third-order valence-electron chi connectivity index (χ3n) is 3.48. The molecule has 0 heterocycles. The number of hydrogen-bond donors (Lipinski definition) is 1. The second-order valence-electron chi connectivity index (χ2n) is 5.00. The Morgan fingerprint density at radius 2 is 1.83 bits per heavy atom. The highest BCUT2D eigenvalue weighted by molar-refractivity contribution is 9.10. The topological polar surface area (TPSA) is 38.3 Å². The largest absolute Gasteiger partial charge is 0.462 e. The molecule has 3 nitrogen and oxygen atoms in total. The zero-order chi connectivity index (χ0) is 15.9. The number of esters is 1. The van der Waals surface area contributed by atoms with E-state index in [-0.39, 0.29) is 24.4 Å². The fourth-order valence-corrected chi connectivity index (χ4v) is 2.91. The van der Waals surface area contributed by atoms with Gasteiger partial charge in [-0.3, -0.25) is 0 Å². The second kappa shape index (κ2) is 9.71. The molecule has 0 aliphatic carbocycles. The van der Waals surface area contributed by atoms with Crippen LogP contribution < -0.4 is 5.32 Å². The van der Waals surface area contributed by atoms with Crippen molar-refractivity contribution in [2.75, 3.05) is 6.61 Å². The Hall–Kier alpha value is -1.36. The summed E-state index contributed by atoms with van der Waals surface area (Å²) in [5.41, 5.74) is 2.76. The highest BCUT2D eigenvalue weighted by Gasteiger charge is 2.13. The Kier molecular flexibility index (Phi) is 8.31. The lowest BCUT2D eigenvalue weighted by atomic mass is 10.1. The van der Waals surface area contributed by atoms with E-state index in [0.717, 1.165) is 10.0 Å². The molecule has 0 saturated carbocycles. The summed E-state index contributed by atoms with van der Waals surface area (Å²) < 4.78 is 6.18. The Balaban J connectivity index is 0.00000264. The number of nitrogens with one attached hydrogen (secondary N) is 1. The van der Waals surface area contributed by atoms with Gasteiger partial charge in [-0.05, 0) is 37.1 Å². The Morgan fingerprint density at radius 3 is 2.52 bits per heavy atom. The van der Waals surface area contributed by atoms with Crippen LogP contribution in [-0.2, 0) is 11.3 Å². The molecule has 5 heteroatoms. The van der Waals surface area contributed by atoms with E-state index < -0.39 is 0 Å². The fourth-order valence-electron chi connectivity index (χ4n) is 2.28. The van der Waals surface area contributed by atoms with Gasteiger partial charge in [0.05, 0.1) is 12.2 Å². The van der Waals surface area contributed by atoms with Crippen LogP contribution in [0.5, 0.6) is 0 Å². The van der Waals surface area contributed by atoms with Gasteiger partial charge in [0.25, 0.3) is 0 Å². The SMILES string of the molecule is CCOC(=O)c1ccccc1CN[C@@H](C)c1ccccc1Br.Cl. The summed E-state index contributed by atoms with van der Waals surface area (Å²) >= 11 is 3.57. The quantitative estimate of drug-likeness (QED) is 0.703. The van der Waals surface area contributed by atoms with E-state index in [1.807, 2.05) is 43.3 Å². The molecule has 2 aromatic carbocycles. The highest BCUT2D eigenvalue weighted by atomic mass is 79.9. The first kappa shape index (κ1) is 19.7. The summed E-state index contributed by atoms with van der Waals surface area (Å²) in [5.74, 6) is -0.270. The van der Waals surface area contributed by atoms with Gasteiger partial charge in [-0.2, -0.15) is 0 Å². The number of ether oxygens (including phenoxy) is 1. The van der Waals surface area contributed by atoms with Gasteiger partial charge >= 0.3 is 5.97 Å². The molecular formula is C18H21BrClNO2. The molecule has 2 aromatic rings. The van der Waals surface area contributed by atoms with Crippen molar-refractivity contribution in [1.29, 1.82) is 0 Å². The molecule has 0 aliphatic rings. The fraction of sp³-hybridized carbons (Fsp3) is 0.278. The molecule has 1 atom stereocenters. The van der Waals surface area contributed by atoms with Crippen LogP contribution in [0.4, 0.5) is 0 Å². The van der Waals surface area contributed by atoms with E-state index in [1.54, 1.807) is 6.07 Å². The van der Waals surface area contributed by atoms with E-state index in [9.17, 15) is 4.79 Å². The first-order valence-electron chi connectivity index (χ1n) is 7.36. The molecular weight excluding hydrogens is 378 g/mol. The van der Waals surface area contributed by atoms with Crippen molar-refractivity contribution in [3.8, 4) is 0 Å². The van der Waals surface area contributed by atoms with Crippen molar-refractivity contribution in [2.24, 2.45) is 0 Å². The van der Waals surface area contributed by atoms with Crippen LogP contribution in [0.1, 0.15) is 41.4 Å². The van der Waals surface area contributed by atoms with Gasteiger partial charge in [0.15, 0.2) is 0 Å². The van der Waals surface area contributed by atoms with Crippen molar-refractivity contribution in [3.05, 3.63) is 69.7 Å². The lowest BCUT2D eigenvalue weighted by Crippen LogP contribution is -2.20. The van der Waals surface area contributed by atoms with Gasteiger partial charge in [-0.25, -0.2) is 4.79 Å². The molecule has 0 radical (unpaired) electrons. The maximum atomic E-state index is 12.0. The minimum Gasteiger partial charge on any atom is -0.462 e. The molecule has 0 saturated heterocycles. The second-order valence-corrected chi connectivity index (χ2v) is 5.86. The lowest BCUT2D eigenvalue weighted by molar-refractivity contribution is 0.0525. The molecule has 1 N–H and O–H groups in total. The maximum absolute atomic E-state index is 12.0. The van der Waals surface area contributed by atoms with Gasteiger partial charge in [0.1, 0.15) is 0 Å². The van der Waals surface area contributed by atoms with Crippen molar-refractivity contribution in [3.63, 3.8) is 0 Å². The van der Waals surface area contributed by atoms with Gasteiger partial charge in [-0.1, -0.05) is 52.3 Å². The summed E-state index contributed by atoms with van der Waals surface area (Å²) in [6.45, 7) is 4.91. The number of carbonyl (C=O) groups is 1. The molecule has 0 spiro atoms.